The second-order valence-electron chi connectivity index (χ2n) is 3.61. The Morgan fingerprint density at radius 1 is 1.62 bits per heavy atom. The summed E-state index contributed by atoms with van der Waals surface area (Å²) < 4.78 is 0. The Labute approximate surface area is 81.9 Å². The van der Waals surface area contributed by atoms with Crippen molar-refractivity contribution in [3.63, 3.8) is 0 Å². The fraction of sp³-hybridized carbons (Fsp3) is 0.400. The normalized spacial score (nSPS) is 20.0. The van der Waals surface area contributed by atoms with Crippen molar-refractivity contribution < 1.29 is 4.79 Å². The summed E-state index contributed by atoms with van der Waals surface area (Å²) in [5.41, 5.74) is 2.75. The van der Waals surface area contributed by atoms with Crippen LogP contribution in [0.3, 0.4) is 0 Å². The molecule has 0 aliphatic heterocycles. The Kier molecular flexibility index (Phi) is 2.08. The molecule has 13 heavy (non-hydrogen) atoms. The first kappa shape index (κ1) is 8.70. The van der Waals surface area contributed by atoms with Gasteiger partial charge in [-0.15, -0.1) is 0 Å². The van der Waals surface area contributed by atoms with Crippen LogP contribution in [0.25, 0.3) is 0 Å². The van der Waals surface area contributed by atoms with Gasteiger partial charge in [-0.3, -0.25) is 4.79 Å². The summed E-state index contributed by atoms with van der Waals surface area (Å²) >= 11 is 5.81. The fourth-order valence-corrected chi connectivity index (χ4v) is 2.00. The van der Waals surface area contributed by atoms with Gasteiger partial charge in [-0.25, -0.2) is 4.98 Å². The van der Waals surface area contributed by atoms with E-state index in [-0.39, 0.29) is 0 Å². The first-order valence-electron chi connectivity index (χ1n) is 4.34. The number of halogens is 1. The Morgan fingerprint density at radius 3 is 3.08 bits per heavy atom. The van der Waals surface area contributed by atoms with Gasteiger partial charge in [0.25, 0.3) is 0 Å². The van der Waals surface area contributed by atoms with Gasteiger partial charge in [-0.05, 0) is 30.4 Å². The number of fused-ring (bicyclic) bond motifs is 1. The lowest BCUT2D eigenvalue weighted by molar-refractivity contribution is 0.112. The molecule has 0 spiro atoms. The molecule has 0 aromatic carbocycles. The number of carbonyl (C=O) groups is 1. The number of hydrogen-bond acceptors (Lipinski definition) is 2. The van der Waals surface area contributed by atoms with Crippen molar-refractivity contribution in [1.29, 1.82) is 0 Å². The van der Waals surface area contributed by atoms with E-state index < -0.39 is 0 Å². The second kappa shape index (κ2) is 3.11. The minimum Gasteiger partial charge on any atom is -0.298 e. The Bertz CT molecular complexity index is 362. The molecule has 1 heterocycles. The number of carbonyl (C=O) groups excluding carboxylic acids is 1. The summed E-state index contributed by atoms with van der Waals surface area (Å²) in [4.78, 5) is 14.8. The average molecular weight is 196 g/mol. The molecule has 3 heteroatoms. The maximum Gasteiger partial charge on any atom is 0.153 e. The number of rotatable bonds is 1. The minimum atomic E-state index is 0.336. The van der Waals surface area contributed by atoms with E-state index in [1.165, 1.54) is 5.56 Å². The van der Waals surface area contributed by atoms with Crippen molar-refractivity contribution in [2.24, 2.45) is 5.92 Å². The summed E-state index contributed by atoms with van der Waals surface area (Å²) in [6.45, 7) is 2.18. The van der Waals surface area contributed by atoms with Crippen molar-refractivity contribution in [3.8, 4) is 0 Å². The van der Waals surface area contributed by atoms with Crippen LogP contribution in [0, 0.1) is 5.92 Å². The van der Waals surface area contributed by atoms with Gasteiger partial charge in [-0.1, -0.05) is 18.5 Å². The van der Waals surface area contributed by atoms with Crippen LogP contribution >= 0.6 is 11.6 Å². The molecule has 0 bridgehead atoms. The van der Waals surface area contributed by atoms with Gasteiger partial charge in [0.1, 0.15) is 5.15 Å². The van der Waals surface area contributed by atoms with Crippen LogP contribution in [-0.2, 0) is 12.8 Å². The predicted molar refractivity (Wildman–Crippen MR) is 51.2 cm³/mol. The van der Waals surface area contributed by atoms with E-state index in [9.17, 15) is 4.79 Å². The smallest absolute Gasteiger partial charge is 0.153 e. The van der Waals surface area contributed by atoms with Crippen LogP contribution in [0.5, 0.6) is 0 Å². The number of nitrogens with zero attached hydrogens (tertiary/aromatic N) is 1. The summed E-state index contributed by atoms with van der Waals surface area (Å²) in [6.07, 6.45) is 2.76. The van der Waals surface area contributed by atoms with Gasteiger partial charge >= 0.3 is 0 Å². The van der Waals surface area contributed by atoms with Crippen LogP contribution in [-0.4, -0.2) is 11.3 Å². The molecule has 0 fully saturated rings. The fourth-order valence-electron chi connectivity index (χ4n) is 1.80. The summed E-state index contributed by atoms with van der Waals surface area (Å²) in [7, 11) is 0. The minimum absolute atomic E-state index is 0.336. The molecular weight excluding hydrogens is 186 g/mol. The molecule has 1 aliphatic rings. The van der Waals surface area contributed by atoms with Crippen molar-refractivity contribution in [3.05, 3.63) is 28.0 Å². The van der Waals surface area contributed by atoms with Crippen LogP contribution in [0.4, 0.5) is 0 Å². The standard InChI is InChI=1S/C10H10ClNO/c1-6-2-7-4-8(5-13)10(11)12-9(7)3-6/h4-6H,2-3H2,1H3. The zero-order valence-electron chi connectivity index (χ0n) is 7.38. The quantitative estimate of drug-likeness (QED) is 0.508. The zero-order chi connectivity index (χ0) is 9.42. The lowest BCUT2D eigenvalue weighted by Crippen LogP contribution is -1.93. The zero-order valence-corrected chi connectivity index (χ0v) is 8.14. The molecule has 68 valence electrons. The van der Waals surface area contributed by atoms with Gasteiger partial charge in [0, 0.05) is 5.69 Å². The van der Waals surface area contributed by atoms with Crippen LogP contribution in [0.2, 0.25) is 5.15 Å². The SMILES string of the molecule is CC1Cc2cc(C=O)c(Cl)nc2C1. The predicted octanol–water partition coefficient (Wildman–Crippen LogP) is 2.28. The summed E-state index contributed by atoms with van der Waals surface area (Å²) in [5, 5.41) is 0.336. The molecule has 0 saturated heterocycles. The largest absolute Gasteiger partial charge is 0.298 e. The number of aromatic nitrogens is 1. The molecule has 1 aliphatic carbocycles. The molecule has 1 atom stereocenters. The number of aldehydes is 1. The molecule has 0 amide bonds. The van der Waals surface area contributed by atoms with E-state index in [0.717, 1.165) is 24.8 Å². The number of hydrogen-bond donors (Lipinski definition) is 0. The number of pyridine rings is 1. The highest BCUT2D eigenvalue weighted by Gasteiger charge is 2.20. The topological polar surface area (TPSA) is 30.0 Å². The third kappa shape index (κ3) is 1.46. The second-order valence-corrected chi connectivity index (χ2v) is 3.96. The molecule has 0 saturated carbocycles. The Hall–Kier alpha value is -0.890. The summed E-state index contributed by atoms with van der Waals surface area (Å²) in [5.74, 6) is 0.625. The van der Waals surface area contributed by atoms with E-state index in [0.29, 0.717) is 16.6 Å². The van der Waals surface area contributed by atoms with E-state index in [4.69, 9.17) is 11.6 Å². The lowest BCUT2D eigenvalue weighted by atomic mass is 10.1. The van der Waals surface area contributed by atoms with Gasteiger partial charge in [0.2, 0.25) is 0 Å². The summed E-state index contributed by atoms with van der Waals surface area (Å²) in [6, 6.07) is 1.86. The van der Waals surface area contributed by atoms with Crippen molar-refractivity contribution >= 4 is 17.9 Å². The molecule has 1 aromatic heterocycles. The van der Waals surface area contributed by atoms with Crippen molar-refractivity contribution in [1.82, 2.24) is 4.98 Å². The molecule has 1 aromatic rings. The van der Waals surface area contributed by atoms with Crippen LogP contribution < -0.4 is 0 Å². The van der Waals surface area contributed by atoms with Crippen molar-refractivity contribution in [2.75, 3.05) is 0 Å². The van der Waals surface area contributed by atoms with Crippen molar-refractivity contribution in [2.45, 2.75) is 19.8 Å². The van der Waals surface area contributed by atoms with E-state index in [1.807, 2.05) is 6.07 Å². The van der Waals surface area contributed by atoms with E-state index >= 15 is 0 Å². The first-order chi connectivity index (χ1) is 6.20. The Balaban J connectivity index is 2.50. The van der Waals surface area contributed by atoms with Gasteiger partial charge in [0.15, 0.2) is 6.29 Å². The maximum atomic E-state index is 10.6. The van der Waals surface area contributed by atoms with Crippen LogP contribution in [0.1, 0.15) is 28.5 Å². The van der Waals surface area contributed by atoms with Gasteiger partial charge in [-0.2, -0.15) is 0 Å². The molecule has 2 rings (SSSR count). The van der Waals surface area contributed by atoms with Gasteiger partial charge in [0.05, 0.1) is 5.56 Å². The van der Waals surface area contributed by atoms with E-state index in [2.05, 4.69) is 11.9 Å². The highest BCUT2D eigenvalue weighted by Crippen LogP contribution is 2.27. The van der Waals surface area contributed by atoms with Gasteiger partial charge < -0.3 is 0 Å². The van der Waals surface area contributed by atoms with Crippen LogP contribution in [0.15, 0.2) is 6.07 Å². The lowest BCUT2D eigenvalue weighted by Gasteiger charge is -2.00. The van der Waals surface area contributed by atoms with E-state index in [1.54, 1.807) is 0 Å². The molecule has 0 N–H and O–H groups in total. The average Bonchev–Trinajstić information content (AvgIpc) is 2.42. The molecule has 2 nitrogen and oxygen atoms in total. The third-order valence-corrected chi connectivity index (χ3v) is 2.71. The highest BCUT2D eigenvalue weighted by molar-refractivity contribution is 6.31. The first-order valence-corrected chi connectivity index (χ1v) is 4.72. The molecule has 0 radical (unpaired) electrons. The monoisotopic (exact) mass is 195 g/mol. The molecule has 1 unspecified atom stereocenters. The maximum absolute atomic E-state index is 10.6. The molecular formula is C10H10ClNO. The third-order valence-electron chi connectivity index (χ3n) is 2.41. The highest BCUT2D eigenvalue weighted by atomic mass is 35.5. The Morgan fingerprint density at radius 2 is 2.38 bits per heavy atom.